The van der Waals surface area contributed by atoms with Gasteiger partial charge >= 0.3 is 0 Å². The molecule has 2 aliphatic heterocycles. The Bertz CT molecular complexity index is 569. The van der Waals surface area contributed by atoms with Crippen molar-refractivity contribution < 1.29 is 0 Å². The van der Waals surface area contributed by atoms with Gasteiger partial charge < -0.3 is 10.6 Å². The number of nitrogens with one attached hydrogen (secondary N) is 2. The minimum Gasteiger partial charge on any atom is -0.370 e. The van der Waals surface area contributed by atoms with Crippen LogP contribution in [0.15, 0.2) is 23.6 Å². The van der Waals surface area contributed by atoms with E-state index < -0.39 is 0 Å². The highest BCUT2D eigenvalue weighted by atomic mass is 32.1. The van der Waals surface area contributed by atoms with Crippen LogP contribution in [-0.4, -0.2) is 29.4 Å². The molecule has 1 atom stereocenters. The number of nitrogens with zero attached hydrogens (tertiary/aromatic N) is 2. The molecular formula is C15H20N4S. The minimum atomic E-state index is 0.418. The first-order valence-corrected chi connectivity index (χ1v) is 8.37. The predicted octanol–water partition coefficient (Wildman–Crippen LogP) is 2.82. The molecule has 1 saturated heterocycles. The molecule has 0 bridgehead atoms. The quantitative estimate of drug-likeness (QED) is 0.893. The second kappa shape index (κ2) is 5.22. The van der Waals surface area contributed by atoms with Crippen LogP contribution >= 0.6 is 11.3 Å². The van der Waals surface area contributed by atoms with Crippen LogP contribution in [0, 0.1) is 0 Å². The van der Waals surface area contributed by atoms with Crippen molar-refractivity contribution in [2.75, 3.05) is 25.0 Å². The molecule has 2 aliphatic rings. The average Bonchev–Trinajstić information content (AvgIpc) is 3.17. The number of hydrogen-bond acceptors (Lipinski definition) is 4. The number of hydrogen-bond donors (Lipinski definition) is 2. The lowest BCUT2D eigenvalue weighted by Gasteiger charge is -2.24. The van der Waals surface area contributed by atoms with Gasteiger partial charge in [0.25, 0.3) is 0 Å². The molecule has 2 aromatic rings. The molecule has 0 spiro atoms. The van der Waals surface area contributed by atoms with E-state index in [1.807, 2.05) is 11.3 Å². The van der Waals surface area contributed by atoms with Gasteiger partial charge in [-0.05, 0) is 43.8 Å². The first-order chi connectivity index (χ1) is 9.92. The van der Waals surface area contributed by atoms with Crippen LogP contribution in [0.25, 0.3) is 0 Å². The fourth-order valence-corrected chi connectivity index (χ4v) is 4.15. The zero-order valence-corrected chi connectivity index (χ0v) is 12.3. The van der Waals surface area contributed by atoms with Crippen molar-refractivity contribution in [2.45, 2.75) is 31.2 Å². The number of rotatable bonds is 2. The number of thiophene rings is 1. The maximum absolute atomic E-state index is 4.94. The van der Waals surface area contributed by atoms with Gasteiger partial charge in [0.05, 0.1) is 11.7 Å². The maximum Gasteiger partial charge on any atom is 0.125 e. The van der Waals surface area contributed by atoms with E-state index >= 15 is 0 Å². The Balaban J connectivity index is 1.66. The van der Waals surface area contributed by atoms with E-state index in [4.69, 9.17) is 5.10 Å². The molecule has 0 radical (unpaired) electrons. The lowest BCUT2D eigenvalue weighted by molar-refractivity contribution is 0.436. The summed E-state index contributed by atoms with van der Waals surface area (Å²) in [4.78, 5) is 1.42. The molecule has 4 nitrogen and oxygen atoms in total. The third-order valence-electron chi connectivity index (χ3n) is 4.40. The molecule has 2 N–H and O–H groups in total. The van der Waals surface area contributed by atoms with Crippen molar-refractivity contribution >= 4 is 17.2 Å². The summed E-state index contributed by atoms with van der Waals surface area (Å²) in [6.45, 7) is 3.28. The van der Waals surface area contributed by atoms with Gasteiger partial charge in [0.1, 0.15) is 5.82 Å². The van der Waals surface area contributed by atoms with Crippen LogP contribution in [0.3, 0.4) is 0 Å². The molecule has 0 saturated carbocycles. The molecule has 0 aliphatic carbocycles. The standard InChI is InChI=1S/C15H20N4S/c1-2-14(20-9-1)13-5-8-17-15-10-12(18-19(13)15)11-3-6-16-7-4-11/h1-2,9-11,13,16-17H,3-8H2. The third-order valence-corrected chi connectivity index (χ3v) is 5.38. The van der Waals surface area contributed by atoms with Crippen molar-refractivity contribution in [1.29, 1.82) is 0 Å². The summed E-state index contributed by atoms with van der Waals surface area (Å²) in [5, 5.41) is 14.0. The zero-order chi connectivity index (χ0) is 13.4. The van der Waals surface area contributed by atoms with Crippen molar-refractivity contribution in [2.24, 2.45) is 0 Å². The molecule has 20 heavy (non-hydrogen) atoms. The summed E-state index contributed by atoms with van der Waals surface area (Å²) in [5.41, 5.74) is 1.28. The highest BCUT2D eigenvalue weighted by Crippen LogP contribution is 2.35. The second-order valence-electron chi connectivity index (χ2n) is 5.67. The van der Waals surface area contributed by atoms with Crippen LogP contribution in [0.5, 0.6) is 0 Å². The van der Waals surface area contributed by atoms with Crippen LogP contribution in [0.4, 0.5) is 5.82 Å². The molecule has 0 amide bonds. The Morgan fingerprint density at radius 3 is 2.90 bits per heavy atom. The van der Waals surface area contributed by atoms with Gasteiger partial charge in [-0.1, -0.05) is 6.07 Å². The van der Waals surface area contributed by atoms with E-state index in [-0.39, 0.29) is 0 Å². The summed E-state index contributed by atoms with van der Waals surface area (Å²) in [7, 11) is 0. The van der Waals surface area contributed by atoms with E-state index in [1.54, 1.807) is 0 Å². The highest BCUT2D eigenvalue weighted by molar-refractivity contribution is 7.10. The lowest BCUT2D eigenvalue weighted by atomic mass is 9.95. The number of piperidine rings is 1. The molecule has 4 heterocycles. The number of aromatic nitrogens is 2. The van der Waals surface area contributed by atoms with Crippen LogP contribution in [-0.2, 0) is 0 Å². The number of anilines is 1. The summed E-state index contributed by atoms with van der Waals surface area (Å²) >= 11 is 1.84. The van der Waals surface area contributed by atoms with E-state index in [0.29, 0.717) is 12.0 Å². The van der Waals surface area contributed by atoms with Gasteiger partial charge in [-0.25, -0.2) is 4.68 Å². The summed E-state index contributed by atoms with van der Waals surface area (Å²) < 4.78 is 2.21. The minimum absolute atomic E-state index is 0.418. The van der Waals surface area contributed by atoms with Gasteiger partial charge in [0.15, 0.2) is 0 Å². The first kappa shape index (κ1) is 12.4. The van der Waals surface area contributed by atoms with Gasteiger partial charge in [-0.3, -0.25) is 0 Å². The topological polar surface area (TPSA) is 41.9 Å². The van der Waals surface area contributed by atoms with Gasteiger partial charge in [-0.2, -0.15) is 5.10 Å². The van der Waals surface area contributed by atoms with Gasteiger partial charge in [0.2, 0.25) is 0 Å². The SMILES string of the molecule is c1csc(C2CCNc3cc(C4CCNCC4)nn32)c1. The average molecular weight is 288 g/mol. The third kappa shape index (κ3) is 2.15. The van der Waals surface area contributed by atoms with E-state index in [1.165, 1.54) is 29.2 Å². The van der Waals surface area contributed by atoms with Crippen molar-refractivity contribution in [3.63, 3.8) is 0 Å². The maximum atomic E-state index is 4.94. The van der Waals surface area contributed by atoms with Crippen LogP contribution < -0.4 is 10.6 Å². The first-order valence-electron chi connectivity index (χ1n) is 7.49. The Morgan fingerprint density at radius 1 is 1.20 bits per heavy atom. The largest absolute Gasteiger partial charge is 0.370 e. The molecule has 2 aromatic heterocycles. The smallest absolute Gasteiger partial charge is 0.125 e. The number of fused-ring (bicyclic) bond motifs is 1. The Hall–Kier alpha value is -1.33. The van der Waals surface area contributed by atoms with E-state index in [9.17, 15) is 0 Å². The predicted molar refractivity (Wildman–Crippen MR) is 82.6 cm³/mol. The lowest BCUT2D eigenvalue weighted by Crippen LogP contribution is -2.27. The zero-order valence-electron chi connectivity index (χ0n) is 11.5. The molecule has 1 fully saturated rings. The summed E-state index contributed by atoms with van der Waals surface area (Å²) in [6.07, 6.45) is 3.54. The Morgan fingerprint density at radius 2 is 2.10 bits per heavy atom. The molecule has 1 unspecified atom stereocenters. The van der Waals surface area contributed by atoms with Crippen LogP contribution in [0.2, 0.25) is 0 Å². The molecule has 106 valence electrons. The fraction of sp³-hybridized carbons (Fsp3) is 0.533. The monoisotopic (exact) mass is 288 g/mol. The second-order valence-corrected chi connectivity index (χ2v) is 6.65. The molecule has 0 aromatic carbocycles. The molecule has 4 rings (SSSR count). The normalized spacial score (nSPS) is 23.3. The summed E-state index contributed by atoms with van der Waals surface area (Å²) in [5.74, 6) is 1.82. The fourth-order valence-electron chi connectivity index (χ4n) is 3.30. The Labute approximate surface area is 123 Å². The van der Waals surface area contributed by atoms with Crippen molar-refractivity contribution in [1.82, 2.24) is 15.1 Å². The van der Waals surface area contributed by atoms with E-state index in [0.717, 1.165) is 26.1 Å². The Kier molecular flexibility index (Phi) is 3.24. The van der Waals surface area contributed by atoms with Gasteiger partial charge in [-0.15, -0.1) is 11.3 Å². The van der Waals surface area contributed by atoms with E-state index in [2.05, 4.69) is 38.9 Å². The van der Waals surface area contributed by atoms with Gasteiger partial charge in [0, 0.05) is 23.4 Å². The highest BCUT2D eigenvalue weighted by Gasteiger charge is 2.26. The summed E-state index contributed by atoms with van der Waals surface area (Å²) in [6, 6.07) is 7.06. The molecular weight excluding hydrogens is 268 g/mol. The van der Waals surface area contributed by atoms with Crippen molar-refractivity contribution in [3.05, 3.63) is 34.2 Å². The molecule has 5 heteroatoms. The van der Waals surface area contributed by atoms with Crippen molar-refractivity contribution in [3.8, 4) is 0 Å². The van der Waals surface area contributed by atoms with Crippen LogP contribution in [0.1, 0.15) is 41.8 Å².